The van der Waals surface area contributed by atoms with Crippen LogP contribution in [0.5, 0.6) is 5.75 Å². The number of aromatic hydroxyl groups is 1. The van der Waals surface area contributed by atoms with Crippen molar-refractivity contribution in [2.45, 2.75) is 0 Å². The van der Waals surface area contributed by atoms with Crippen molar-refractivity contribution >= 4 is 28.0 Å². The summed E-state index contributed by atoms with van der Waals surface area (Å²) in [6.45, 7) is 0. The SMILES string of the molecule is N/C(=N/N=C/c1cc(Br)ccc1O)c1ccccn1. The molecule has 0 bridgehead atoms. The molecule has 0 fully saturated rings. The summed E-state index contributed by atoms with van der Waals surface area (Å²) in [5.41, 5.74) is 6.83. The Bertz CT molecular complexity index is 626. The van der Waals surface area contributed by atoms with E-state index in [9.17, 15) is 5.11 Å². The van der Waals surface area contributed by atoms with Gasteiger partial charge in [0.05, 0.1) is 6.21 Å². The molecule has 2 rings (SSSR count). The number of aromatic nitrogens is 1. The lowest BCUT2D eigenvalue weighted by atomic mass is 10.2. The van der Waals surface area contributed by atoms with Gasteiger partial charge in [-0.15, -0.1) is 5.10 Å². The zero-order valence-electron chi connectivity index (χ0n) is 9.86. The van der Waals surface area contributed by atoms with Gasteiger partial charge in [0.25, 0.3) is 0 Å². The fourth-order valence-corrected chi connectivity index (χ4v) is 1.73. The van der Waals surface area contributed by atoms with Crippen molar-refractivity contribution in [3.05, 3.63) is 58.3 Å². The summed E-state index contributed by atoms with van der Waals surface area (Å²) in [5.74, 6) is 0.338. The van der Waals surface area contributed by atoms with E-state index in [0.29, 0.717) is 11.3 Å². The van der Waals surface area contributed by atoms with Gasteiger partial charge in [-0.1, -0.05) is 22.0 Å². The van der Waals surface area contributed by atoms with Gasteiger partial charge in [-0.2, -0.15) is 5.10 Å². The molecule has 5 nitrogen and oxygen atoms in total. The number of amidine groups is 1. The average Bonchev–Trinajstić information content (AvgIpc) is 2.43. The van der Waals surface area contributed by atoms with Gasteiger partial charge in [0.1, 0.15) is 11.4 Å². The Labute approximate surface area is 118 Å². The fourth-order valence-electron chi connectivity index (χ4n) is 1.35. The minimum atomic E-state index is 0.124. The Morgan fingerprint density at radius 3 is 2.89 bits per heavy atom. The molecule has 0 aliphatic rings. The molecule has 0 saturated heterocycles. The highest BCUT2D eigenvalue weighted by Crippen LogP contribution is 2.20. The van der Waals surface area contributed by atoms with E-state index in [1.54, 1.807) is 36.5 Å². The molecule has 96 valence electrons. The van der Waals surface area contributed by atoms with Gasteiger partial charge in [0.2, 0.25) is 0 Å². The summed E-state index contributed by atoms with van der Waals surface area (Å²) in [5, 5.41) is 17.3. The van der Waals surface area contributed by atoms with Gasteiger partial charge in [-0.3, -0.25) is 4.98 Å². The highest BCUT2D eigenvalue weighted by Gasteiger charge is 1.99. The Hall–Kier alpha value is -2.21. The van der Waals surface area contributed by atoms with Gasteiger partial charge in [0.15, 0.2) is 5.84 Å². The third kappa shape index (κ3) is 3.62. The molecule has 0 unspecified atom stereocenters. The predicted octanol–water partition coefficient (Wildman–Crippen LogP) is 2.29. The molecule has 0 radical (unpaired) electrons. The van der Waals surface area contributed by atoms with Crippen LogP contribution in [0.1, 0.15) is 11.3 Å². The van der Waals surface area contributed by atoms with Crippen molar-refractivity contribution in [3.63, 3.8) is 0 Å². The van der Waals surface area contributed by atoms with Crippen LogP contribution in [0.2, 0.25) is 0 Å². The minimum Gasteiger partial charge on any atom is -0.507 e. The molecule has 0 atom stereocenters. The normalized spacial score (nSPS) is 11.9. The lowest BCUT2D eigenvalue weighted by Gasteiger charge is -1.98. The quantitative estimate of drug-likeness (QED) is 0.517. The number of halogens is 1. The van der Waals surface area contributed by atoms with Gasteiger partial charge in [0, 0.05) is 16.2 Å². The second kappa shape index (κ2) is 6.10. The van der Waals surface area contributed by atoms with Crippen molar-refractivity contribution in [2.24, 2.45) is 15.9 Å². The third-order valence-electron chi connectivity index (χ3n) is 2.28. The first-order valence-electron chi connectivity index (χ1n) is 5.43. The van der Waals surface area contributed by atoms with Crippen LogP contribution in [-0.2, 0) is 0 Å². The molecule has 3 N–H and O–H groups in total. The molecule has 1 heterocycles. The number of nitrogens with two attached hydrogens (primary N) is 1. The number of phenols is 1. The molecule has 0 amide bonds. The van der Waals surface area contributed by atoms with Gasteiger partial charge < -0.3 is 10.8 Å². The van der Waals surface area contributed by atoms with E-state index in [1.165, 1.54) is 6.21 Å². The molecule has 0 spiro atoms. The zero-order chi connectivity index (χ0) is 13.7. The first-order chi connectivity index (χ1) is 9.16. The van der Waals surface area contributed by atoms with Crippen molar-refractivity contribution in [1.29, 1.82) is 0 Å². The lowest BCUT2D eigenvalue weighted by Crippen LogP contribution is -2.14. The van der Waals surface area contributed by atoms with Gasteiger partial charge in [-0.25, -0.2) is 0 Å². The lowest BCUT2D eigenvalue weighted by molar-refractivity contribution is 0.474. The molecule has 1 aromatic carbocycles. The molecular weight excluding hydrogens is 308 g/mol. The molecule has 2 aromatic rings. The van der Waals surface area contributed by atoms with Crippen LogP contribution in [-0.4, -0.2) is 22.1 Å². The Morgan fingerprint density at radius 2 is 2.16 bits per heavy atom. The Balaban J connectivity index is 2.17. The zero-order valence-corrected chi connectivity index (χ0v) is 11.4. The maximum absolute atomic E-state index is 9.61. The van der Waals surface area contributed by atoms with Crippen LogP contribution in [0, 0.1) is 0 Å². The first-order valence-corrected chi connectivity index (χ1v) is 6.22. The third-order valence-corrected chi connectivity index (χ3v) is 2.77. The summed E-state index contributed by atoms with van der Waals surface area (Å²) in [6.07, 6.45) is 3.05. The van der Waals surface area contributed by atoms with Crippen molar-refractivity contribution in [2.75, 3.05) is 0 Å². The number of hydrogen-bond acceptors (Lipinski definition) is 4. The number of hydrogen-bond donors (Lipinski definition) is 2. The van der Waals surface area contributed by atoms with E-state index in [-0.39, 0.29) is 11.6 Å². The van der Waals surface area contributed by atoms with Crippen LogP contribution < -0.4 is 5.73 Å². The largest absolute Gasteiger partial charge is 0.507 e. The average molecular weight is 319 g/mol. The molecule has 6 heteroatoms. The number of pyridine rings is 1. The molecule has 0 saturated carbocycles. The fraction of sp³-hybridized carbons (Fsp3) is 0. The monoisotopic (exact) mass is 318 g/mol. The predicted molar refractivity (Wildman–Crippen MR) is 78.4 cm³/mol. The maximum atomic E-state index is 9.61. The van der Waals surface area contributed by atoms with Crippen LogP contribution >= 0.6 is 15.9 Å². The van der Waals surface area contributed by atoms with E-state index in [0.717, 1.165) is 4.47 Å². The van der Waals surface area contributed by atoms with Crippen molar-refractivity contribution < 1.29 is 5.11 Å². The number of rotatable bonds is 3. The van der Waals surface area contributed by atoms with Crippen LogP contribution in [0.4, 0.5) is 0 Å². The molecule has 19 heavy (non-hydrogen) atoms. The van der Waals surface area contributed by atoms with Gasteiger partial charge >= 0.3 is 0 Å². The van der Waals surface area contributed by atoms with E-state index in [1.807, 2.05) is 6.07 Å². The van der Waals surface area contributed by atoms with Gasteiger partial charge in [-0.05, 0) is 30.3 Å². The summed E-state index contributed by atoms with van der Waals surface area (Å²) in [4.78, 5) is 4.05. The molecule has 0 aliphatic heterocycles. The Kier molecular flexibility index (Phi) is 4.25. The van der Waals surface area contributed by atoms with E-state index in [2.05, 4.69) is 31.1 Å². The summed E-state index contributed by atoms with van der Waals surface area (Å²) >= 11 is 3.31. The molecule has 0 aliphatic carbocycles. The number of benzene rings is 1. The van der Waals surface area contributed by atoms with Crippen LogP contribution in [0.3, 0.4) is 0 Å². The highest BCUT2D eigenvalue weighted by molar-refractivity contribution is 9.10. The van der Waals surface area contributed by atoms with Crippen LogP contribution in [0.25, 0.3) is 0 Å². The second-order valence-corrected chi connectivity index (χ2v) is 4.56. The summed E-state index contributed by atoms with van der Waals surface area (Å²) in [6, 6.07) is 10.4. The maximum Gasteiger partial charge on any atom is 0.171 e. The highest BCUT2D eigenvalue weighted by atomic mass is 79.9. The standard InChI is InChI=1S/C13H11BrN4O/c14-10-4-5-12(19)9(7-10)8-17-18-13(15)11-3-1-2-6-16-11/h1-8,19H,(H2,15,18)/b17-8+. The van der Waals surface area contributed by atoms with E-state index < -0.39 is 0 Å². The topological polar surface area (TPSA) is 83.9 Å². The number of nitrogens with zero attached hydrogens (tertiary/aromatic N) is 3. The van der Waals surface area contributed by atoms with Crippen LogP contribution in [0.15, 0.2) is 57.3 Å². The molecular formula is C13H11BrN4O. The Morgan fingerprint density at radius 1 is 1.32 bits per heavy atom. The first kappa shape index (κ1) is 13.2. The second-order valence-electron chi connectivity index (χ2n) is 3.65. The van der Waals surface area contributed by atoms with Crippen molar-refractivity contribution in [3.8, 4) is 5.75 Å². The van der Waals surface area contributed by atoms with Crippen molar-refractivity contribution in [1.82, 2.24) is 4.98 Å². The van der Waals surface area contributed by atoms with E-state index in [4.69, 9.17) is 5.73 Å². The summed E-state index contributed by atoms with van der Waals surface area (Å²) < 4.78 is 0.841. The smallest absolute Gasteiger partial charge is 0.171 e. The number of phenolic OH excluding ortho intramolecular Hbond substituents is 1. The van der Waals surface area contributed by atoms with E-state index >= 15 is 0 Å². The molecule has 1 aromatic heterocycles. The summed E-state index contributed by atoms with van der Waals surface area (Å²) in [7, 11) is 0. The minimum absolute atomic E-state index is 0.124.